The van der Waals surface area contributed by atoms with Gasteiger partial charge in [0.1, 0.15) is 6.10 Å². The number of hydrogen-bond acceptors (Lipinski definition) is 3. The third-order valence-corrected chi connectivity index (χ3v) is 3.12. The standard InChI is InChI=1S/C16H26N2O2.ClH/c1-12(2)9-11-20-13(3)16(19)18-10-8-14-4-6-15(17)7-5-14;/h4-7,12-13H,8-11,17H2,1-3H3,(H,18,19);1H. The van der Waals surface area contributed by atoms with Crippen LogP contribution >= 0.6 is 12.4 Å². The van der Waals surface area contributed by atoms with Gasteiger partial charge < -0.3 is 15.8 Å². The number of rotatable bonds is 8. The molecule has 1 aromatic carbocycles. The lowest BCUT2D eigenvalue weighted by molar-refractivity contribution is -0.131. The lowest BCUT2D eigenvalue weighted by Crippen LogP contribution is -2.36. The highest BCUT2D eigenvalue weighted by Crippen LogP contribution is 2.05. The average molecular weight is 315 g/mol. The van der Waals surface area contributed by atoms with Gasteiger partial charge in [0, 0.05) is 18.8 Å². The second-order valence-electron chi connectivity index (χ2n) is 5.48. The number of anilines is 1. The molecule has 1 aromatic rings. The molecule has 0 heterocycles. The molecule has 0 aliphatic carbocycles. The lowest BCUT2D eigenvalue weighted by Gasteiger charge is -2.14. The summed E-state index contributed by atoms with van der Waals surface area (Å²) in [6.07, 6.45) is 1.38. The number of benzene rings is 1. The third-order valence-electron chi connectivity index (χ3n) is 3.12. The molecule has 1 amide bonds. The van der Waals surface area contributed by atoms with Crippen molar-refractivity contribution in [2.24, 2.45) is 5.92 Å². The van der Waals surface area contributed by atoms with Gasteiger partial charge in [-0.3, -0.25) is 4.79 Å². The minimum Gasteiger partial charge on any atom is -0.399 e. The van der Waals surface area contributed by atoms with E-state index >= 15 is 0 Å². The molecule has 1 unspecified atom stereocenters. The lowest BCUT2D eigenvalue weighted by atomic mass is 10.1. The summed E-state index contributed by atoms with van der Waals surface area (Å²) in [6, 6.07) is 7.69. The summed E-state index contributed by atoms with van der Waals surface area (Å²) in [4.78, 5) is 11.8. The predicted octanol–water partition coefficient (Wildman–Crippen LogP) is 2.80. The van der Waals surface area contributed by atoms with E-state index in [1.54, 1.807) is 6.92 Å². The predicted molar refractivity (Wildman–Crippen MR) is 89.7 cm³/mol. The Labute approximate surface area is 133 Å². The first-order chi connectivity index (χ1) is 9.49. The largest absolute Gasteiger partial charge is 0.399 e. The Hall–Kier alpha value is -1.26. The van der Waals surface area contributed by atoms with Gasteiger partial charge in [-0.2, -0.15) is 0 Å². The van der Waals surface area contributed by atoms with Gasteiger partial charge in [-0.15, -0.1) is 12.4 Å². The molecule has 4 nitrogen and oxygen atoms in total. The maximum atomic E-state index is 11.8. The van der Waals surface area contributed by atoms with Crippen molar-refractivity contribution in [1.29, 1.82) is 0 Å². The molecule has 3 N–H and O–H groups in total. The maximum Gasteiger partial charge on any atom is 0.248 e. The van der Waals surface area contributed by atoms with E-state index in [-0.39, 0.29) is 24.4 Å². The zero-order chi connectivity index (χ0) is 15.0. The highest BCUT2D eigenvalue weighted by molar-refractivity contribution is 5.85. The first-order valence-corrected chi connectivity index (χ1v) is 7.22. The Balaban J connectivity index is 0.00000400. The van der Waals surface area contributed by atoms with Gasteiger partial charge in [-0.1, -0.05) is 26.0 Å². The fourth-order valence-electron chi connectivity index (χ4n) is 1.71. The van der Waals surface area contributed by atoms with E-state index in [0.29, 0.717) is 19.1 Å². The summed E-state index contributed by atoms with van der Waals surface area (Å²) in [5, 5.41) is 2.89. The average Bonchev–Trinajstić information content (AvgIpc) is 2.40. The van der Waals surface area contributed by atoms with E-state index in [1.165, 1.54) is 0 Å². The Morgan fingerprint density at radius 3 is 2.43 bits per heavy atom. The Bertz CT molecular complexity index is 407. The Morgan fingerprint density at radius 1 is 1.24 bits per heavy atom. The van der Waals surface area contributed by atoms with Crippen LogP contribution in [-0.4, -0.2) is 25.2 Å². The molecule has 5 heteroatoms. The van der Waals surface area contributed by atoms with Crippen LogP contribution in [0, 0.1) is 5.92 Å². The van der Waals surface area contributed by atoms with Crippen molar-refractivity contribution in [2.75, 3.05) is 18.9 Å². The molecule has 120 valence electrons. The number of amides is 1. The molecule has 0 saturated heterocycles. The topological polar surface area (TPSA) is 64.3 Å². The summed E-state index contributed by atoms with van der Waals surface area (Å²) < 4.78 is 5.50. The van der Waals surface area contributed by atoms with Crippen molar-refractivity contribution in [3.63, 3.8) is 0 Å². The molecular formula is C16H27ClN2O2. The molecule has 0 aliphatic rings. The minimum atomic E-state index is -0.389. The third kappa shape index (κ3) is 8.58. The van der Waals surface area contributed by atoms with Crippen molar-refractivity contribution in [3.05, 3.63) is 29.8 Å². The van der Waals surface area contributed by atoms with Crippen molar-refractivity contribution in [1.82, 2.24) is 5.32 Å². The van der Waals surface area contributed by atoms with E-state index in [1.807, 2.05) is 24.3 Å². The summed E-state index contributed by atoms with van der Waals surface area (Å²) >= 11 is 0. The van der Waals surface area contributed by atoms with Gasteiger partial charge >= 0.3 is 0 Å². The fourth-order valence-corrected chi connectivity index (χ4v) is 1.71. The number of nitrogen functional groups attached to an aromatic ring is 1. The van der Waals surface area contributed by atoms with Crippen LogP contribution in [0.2, 0.25) is 0 Å². The van der Waals surface area contributed by atoms with E-state index in [4.69, 9.17) is 10.5 Å². The van der Waals surface area contributed by atoms with Gasteiger partial charge in [0.25, 0.3) is 0 Å². The van der Waals surface area contributed by atoms with Crippen LogP contribution in [0.25, 0.3) is 0 Å². The number of carbonyl (C=O) groups is 1. The van der Waals surface area contributed by atoms with Crippen molar-refractivity contribution < 1.29 is 9.53 Å². The molecule has 0 bridgehead atoms. The highest BCUT2D eigenvalue weighted by Gasteiger charge is 2.12. The first-order valence-electron chi connectivity index (χ1n) is 7.22. The van der Waals surface area contributed by atoms with E-state index in [2.05, 4.69) is 19.2 Å². The van der Waals surface area contributed by atoms with Crippen LogP contribution in [0.15, 0.2) is 24.3 Å². The van der Waals surface area contributed by atoms with Crippen LogP contribution in [0.3, 0.4) is 0 Å². The van der Waals surface area contributed by atoms with Gasteiger partial charge in [0.2, 0.25) is 5.91 Å². The SMILES string of the molecule is CC(C)CCOC(C)C(=O)NCCc1ccc(N)cc1.Cl. The molecular weight excluding hydrogens is 288 g/mol. The number of nitrogens with two attached hydrogens (primary N) is 1. The Kier molecular flexibility index (Phi) is 9.84. The summed E-state index contributed by atoms with van der Waals surface area (Å²) in [5.74, 6) is 0.542. The molecule has 0 radical (unpaired) electrons. The molecule has 0 aromatic heterocycles. The van der Waals surface area contributed by atoms with E-state index < -0.39 is 0 Å². The number of carbonyl (C=O) groups excluding carboxylic acids is 1. The zero-order valence-corrected chi connectivity index (χ0v) is 13.9. The molecule has 0 saturated carbocycles. The highest BCUT2D eigenvalue weighted by atomic mass is 35.5. The molecule has 0 aliphatic heterocycles. The molecule has 1 rings (SSSR count). The molecule has 21 heavy (non-hydrogen) atoms. The number of halogens is 1. The second-order valence-corrected chi connectivity index (χ2v) is 5.48. The first kappa shape index (κ1) is 19.7. The normalized spacial score (nSPS) is 11.8. The van der Waals surface area contributed by atoms with Crippen molar-refractivity contribution in [2.45, 2.75) is 39.7 Å². The summed E-state index contributed by atoms with van der Waals surface area (Å²) in [5.41, 5.74) is 7.54. The van der Waals surface area contributed by atoms with Gasteiger partial charge in [-0.05, 0) is 43.4 Å². The van der Waals surface area contributed by atoms with Crippen LogP contribution in [0.5, 0.6) is 0 Å². The van der Waals surface area contributed by atoms with Crippen molar-refractivity contribution >= 4 is 24.0 Å². The van der Waals surface area contributed by atoms with Crippen LogP contribution < -0.4 is 11.1 Å². The van der Waals surface area contributed by atoms with Crippen LogP contribution in [-0.2, 0) is 16.0 Å². The van der Waals surface area contributed by atoms with Gasteiger partial charge in [0.05, 0.1) is 0 Å². The number of nitrogens with one attached hydrogen (secondary N) is 1. The maximum absolute atomic E-state index is 11.8. The monoisotopic (exact) mass is 314 g/mol. The van der Waals surface area contributed by atoms with Crippen LogP contribution in [0.4, 0.5) is 5.69 Å². The second kappa shape index (κ2) is 10.5. The van der Waals surface area contributed by atoms with Crippen LogP contribution in [0.1, 0.15) is 32.8 Å². The van der Waals surface area contributed by atoms with Gasteiger partial charge in [-0.25, -0.2) is 0 Å². The van der Waals surface area contributed by atoms with Gasteiger partial charge in [0.15, 0.2) is 0 Å². The molecule has 1 atom stereocenters. The summed E-state index contributed by atoms with van der Waals surface area (Å²) in [6.45, 7) is 7.31. The zero-order valence-electron chi connectivity index (χ0n) is 13.1. The summed E-state index contributed by atoms with van der Waals surface area (Å²) in [7, 11) is 0. The fraction of sp³-hybridized carbons (Fsp3) is 0.562. The smallest absolute Gasteiger partial charge is 0.248 e. The Morgan fingerprint density at radius 2 is 1.86 bits per heavy atom. The minimum absolute atomic E-state index is 0. The number of ether oxygens (including phenoxy) is 1. The molecule has 0 spiro atoms. The molecule has 0 fully saturated rings. The van der Waals surface area contributed by atoms with E-state index in [9.17, 15) is 4.79 Å². The number of hydrogen-bond donors (Lipinski definition) is 2. The van der Waals surface area contributed by atoms with Crippen molar-refractivity contribution in [3.8, 4) is 0 Å². The van der Waals surface area contributed by atoms with E-state index in [0.717, 1.165) is 24.1 Å². The quantitative estimate of drug-likeness (QED) is 0.725.